The maximum atomic E-state index is 12.4. The molecule has 1 aliphatic carbocycles. The Kier molecular flexibility index (Phi) is 7.87. The number of anilines is 1. The van der Waals surface area contributed by atoms with E-state index in [1.54, 1.807) is 6.20 Å². The summed E-state index contributed by atoms with van der Waals surface area (Å²) < 4.78 is 7.67. The molecule has 5 aromatic rings. The molecule has 2 heterocycles. The molecule has 0 bridgehead atoms. The van der Waals surface area contributed by atoms with Crippen LogP contribution >= 0.6 is 11.6 Å². The normalized spacial score (nSPS) is 16.8. The van der Waals surface area contributed by atoms with Crippen LogP contribution in [0.25, 0.3) is 27.8 Å². The van der Waals surface area contributed by atoms with Gasteiger partial charge in [-0.15, -0.1) is 0 Å². The molecular weight excluding hydrogens is 534 g/mol. The van der Waals surface area contributed by atoms with Crippen LogP contribution < -0.4 is 10.6 Å². The van der Waals surface area contributed by atoms with E-state index in [0.717, 1.165) is 59.1 Å². The molecule has 8 heteroatoms. The second-order valence-electron chi connectivity index (χ2n) is 10.4. The van der Waals surface area contributed by atoms with E-state index >= 15 is 0 Å². The number of halogens is 1. The van der Waals surface area contributed by atoms with Gasteiger partial charge >= 0.3 is 6.09 Å². The van der Waals surface area contributed by atoms with Crippen LogP contribution in [0, 0.1) is 6.92 Å². The van der Waals surface area contributed by atoms with Crippen LogP contribution in [0.15, 0.2) is 91.1 Å². The van der Waals surface area contributed by atoms with Crippen LogP contribution in [0.4, 0.5) is 10.7 Å². The van der Waals surface area contributed by atoms with Gasteiger partial charge in [-0.2, -0.15) is 0 Å². The molecule has 1 amide bonds. The zero-order chi connectivity index (χ0) is 28.2. The average Bonchev–Trinajstić information content (AvgIpc) is 3.29. The van der Waals surface area contributed by atoms with Gasteiger partial charge in [0.1, 0.15) is 6.61 Å². The number of carbonyl (C=O) groups excluding carboxylic acids is 1. The Morgan fingerprint density at radius 1 is 0.976 bits per heavy atom. The molecule has 2 atom stereocenters. The molecule has 208 valence electrons. The molecule has 0 radical (unpaired) electrons. The molecule has 0 aliphatic heterocycles. The van der Waals surface area contributed by atoms with Crippen molar-refractivity contribution in [3.05, 3.63) is 107 Å². The number of para-hydroxylation sites is 2. The number of nitrogens with one attached hydrogen (secondary N) is 2. The van der Waals surface area contributed by atoms with E-state index < -0.39 is 6.09 Å². The highest BCUT2D eigenvalue weighted by Gasteiger charge is 2.25. The van der Waals surface area contributed by atoms with Crippen LogP contribution in [-0.2, 0) is 11.3 Å². The van der Waals surface area contributed by atoms with Crippen LogP contribution in [0.2, 0.25) is 5.02 Å². The Labute approximate surface area is 244 Å². The van der Waals surface area contributed by atoms with E-state index in [1.807, 2.05) is 60.7 Å². The largest absolute Gasteiger partial charge is 0.445 e. The van der Waals surface area contributed by atoms with Crippen molar-refractivity contribution >= 4 is 34.5 Å². The molecular formula is C33H32ClN5O2. The Morgan fingerprint density at radius 2 is 1.68 bits per heavy atom. The van der Waals surface area contributed by atoms with Gasteiger partial charge in [0.15, 0.2) is 0 Å². The zero-order valence-corrected chi connectivity index (χ0v) is 23.6. The molecule has 1 aliphatic rings. The maximum absolute atomic E-state index is 12.4. The van der Waals surface area contributed by atoms with Crippen molar-refractivity contribution < 1.29 is 9.53 Å². The summed E-state index contributed by atoms with van der Waals surface area (Å²) in [6.07, 6.45) is 4.88. The number of fused-ring (bicyclic) bond motifs is 1. The van der Waals surface area contributed by atoms with Gasteiger partial charge in [-0.05, 0) is 56.4 Å². The summed E-state index contributed by atoms with van der Waals surface area (Å²) in [5.41, 5.74) is 5.88. The van der Waals surface area contributed by atoms with Crippen molar-refractivity contribution in [2.45, 2.75) is 51.3 Å². The highest BCUT2D eigenvalue weighted by Crippen LogP contribution is 2.39. The molecule has 1 saturated carbocycles. The van der Waals surface area contributed by atoms with Gasteiger partial charge < -0.3 is 19.9 Å². The van der Waals surface area contributed by atoms with Crippen molar-refractivity contribution in [2.24, 2.45) is 0 Å². The SMILES string of the molecule is Cc1c(-c2nc(N[C@@H]3CCC[C@H](NC(=O)OCc4ccccc4)C3)ncc2Cl)c2ccccc2n1-c1ccccc1. The predicted octanol–water partition coefficient (Wildman–Crippen LogP) is 7.70. The van der Waals surface area contributed by atoms with Gasteiger partial charge in [-0.25, -0.2) is 14.8 Å². The van der Waals surface area contributed by atoms with Gasteiger partial charge in [0, 0.05) is 34.4 Å². The minimum Gasteiger partial charge on any atom is -0.445 e. The third-order valence-electron chi connectivity index (χ3n) is 7.65. The number of alkyl carbamates (subject to hydrolysis) is 1. The van der Waals surface area contributed by atoms with Crippen LogP contribution in [0.5, 0.6) is 0 Å². The Balaban J connectivity index is 1.19. The Hall–Kier alpha value is -4.36. The summed E-state index contributed by atoms with van der Waals surface area (Å²) >= 11 is 6.73. The number of hydrogen-bond donors (Lipinski definition) is 2. The number of nitrogens with zero attached hydrogens (tertiary/aromatic N) is 3. The van der Waals surface area contributed by atoms with E-state index in [-0.39, 0.29) is 18.7 Å². The lowest BCUT2D eigenvalue weighted by atomic mass is 9.91. The molecule has 0 spiro atoms. The molecule has 41 heavy (non-hydrogen) atoms. The van der Waals surface area contributed by atoms with E-state index in [1.165, 1.54) is 0 Å². The van der Waals surface area contributed by atoms with Crippen molar-refractivity contribution in [2.75, 3.05) is 5.32 Å². The second-order valence-corrected chi connectivity index (χ2v) is 10.9. The van der Waals surface area contributed by atoms with Crippen molar-refractivity contribution in [1.29, 1.82) is 0 Å². The Morgan fingerprint density at radius 3 is 2.49 bits per heavy atom. The summed E-state index contributed by atoms with van der Waals surface area (Å²) in [6, 6.07) is 28.4. The first-order chi connectivity index (χ1) is 20.1. The lowest BCUT2D eigenvalue weighted by Crippen LogP contribution is -2.42. The van der Waals surface area contributed by atoms with Crippen LogP contribution in [0.3, 0.4) is 0 Å². The fraction of sp³-hybridized carbons (Fsp3) is 0.242. The minimum atomic E-state index is -0.394. The lowest BCUT2D eigenvalue weighted by Gasteiger charge is -2.30. The fourth-order valence-electron chi connectivity index (χ4n) is 5.75. The van der Waals surface area contributed by atoms with Gasteiger partial charge in [0.05, 0.1) is 22.4 Å². The number of ether oxygens (including phenoxy) is 1. The standard InChI is InChI=1S/C33H32ClN5O2/c1-22-30(27-17-8-9-18-29(27)39(22)26-15-6-3-7-16-26)31-28(34)20-35-32(38-31)36-24-13-10-14-25(19-24)37-33(40)41-21-23-11-4-2-5-12-23/h2-9,11-12,15-18,20,24-25H,10,13-14,19,21H2,1H3,(H,37,40)(H,35,36,38)/t24-,25+/m1/s1. The van der Waals surface area contributed by atoms with Gasteiger partial charge in [0.2, 0.25) is 5.95 Å². The van der Waals surface area contributed by atoms with Gasteiger partial charge in [-0.3, -0.25) is 0 Å². The molecule has 6 rings (SSSR count). The smallest absolute Gasteiger partial charge is 0.407 e. The van der Waals surface area contributed by atoms with Crippen molar-refractivity contribution in [1.82, 2.24) is 19.9 Å². The summed E-state index contributed by atoms with van der Waals surface area (Å²) in [7, 11) is 0. The van der Waals surface area contributed by atoms with E-state index in [9.17, 15) is 4.79 Å². The van der Waals surface area contributed by atoms with E-state index in [4.69, 9.17) is 21.3 Å². The summed E-state index contributed by atoms with van der Waals surface area (Å²) in [5.74, 6) is 0.526. The summed E-state index contributed by atoms with van der Waals surface area (Å²) in [6.45, 7) is 2.35. The predicted molar refractivity (Wildman–Crippen MR) is 163 cm³/mol. The quantitative estimate of drug-likeness (QED) is 0.211. The summed E-state index contributed by atoms with van der Waals surface area (Å²) in [5, 5.41) is 8.12. The first kappa shape index (κ1) is 26.8. The third-order valence-corrected chi connectivity index (χ3v) is 7.93. The van der Waals surface area contributed by atoms with E-state index in [2.05, 4.69) is 51.4 Å². The highest BCUT2D eigenvalue weighted by molar-refractivity contribution is 6.33. The second kappa shape index (κ2) is 12.0. The Bertz CT molecular complexity index is 1660. The molecule has 0 unspecified atom stereocenters. The topological polar surface area (TPSA) is 81.1 Å². The van der Waals surface area contributed by atoms with E-state index in [0.29, 0.717) is 16.7 Å². The molecule has 0 saturated heterocycles. The number of carbonyl (C=O) groups is 1. The van der Waals surface area contributed by atoms with Crippen molar-refractivity contribution in [3.63, 3.8) is 0 Å². The van der Waals surface area contributed by atoms with Crippen molar-refractivity contribution in [3.8, 4) is 16.9 Å². The lowest BCUT2D eigenvalue weighted by molar-refractivity contribution is 0.132. The van der Waals surface area contributed by atoms with Crippen LogP contribution in [-0.4, -0.2) is 32.7 Å². The van der Waals surface area contributed by atoms with Gasteiger partial charge in [0.25, 0.3) is 0 Å². The summed E-state index contributed by atoms with van der Waals surface area (Å²) in [4.78, 5) is 21.9. The number of hydrogen-bond acceptors (Lipinski definition) is 5. The molecule has 2 N–H and O–H groups in total. The fourth-order valence-corrected chi connectivity index (χ4v) is 5.94. The first-order valence-corrected chi connectivity index (χ1v) is 14.4. The number of rotatable bonds is 7. The minimum absolute atomic E-state index is 0.0161. The van der Waals surface area contributed by atoms with Crippen LogP contribution in [0.1, 0.15) is 36.9 Å². The number of amides is 1. The molecule has 3 aromatic carbocycles. The zero-order valence-electron chi connectivity index (χ0n) is 22.9. The molecule has 1 fully saturated rings. The number of aromatic nitrogens is 3. The highest BCUT2D eigenvalue weighted by atomic mass is 35.5. The number of benzene rings is 3. The first-order valence-electron chi connectivity index (χ1n) is 14.0. The monoisotopic (exact) mass is 565 g/mol. The third kappa shape index (κ3) is 5.91. The average molecular weight is 566 g/mol. The molecule has 7 nitrogen and oxygen atoms in total. The van der Waals surface area contributed by atoms with Gasteiger partial charge in [-0.1, -0.05) is 78.3 Å². The molecule has 2 aromatic heterocycles. The maximum Gasteiger partial charge on any atom is 0.407 e.